The van der Waals surface area contributed by atoms with Crippen molar-refractivity contribution in [2.45, 2.75) is 33.2 Å². The summed E-state index contributed by atoms with van der Waals surface area (Å²) in [5, 5.41) is 3.59. The summed E-state index contributed by atoms with van der Waals surface area (Å²) in [7, 11) is 0. The lowest BCUT2D eigenvalue weighted by Crippen LogP contribution is -2.24. The zero-order valence-corrected chi connectivity index (χ0v) is 11.9. The molecule has 3 nitrogen and oxygen atoms in total. The SMILES string of the molecule is CCCNC(c1cncc(C)c1)c1cnccc1C. The van der Waals surface area contributed by atoms with Gasteiger partial charge in [-0.2, -0.15) is 0 Å². The maximum atomic E-state index is 4.31. The van der Waals surface area contributed by atoms with Gasteiger partial charge in [-0.1, -0.05) is 13.0 Å². The Balaban J connectivity index is 2.38. The number of rotatable bonds is 5. The van der Waals surface area contributed by atoms with Gasteiger partial charge in [-0.25, -0.2) is 0 Å². The Bertz CT molecular complexity index is 537. The molecule has 0 saturated heterocycles. The van der Waals surface area contributed by atoms with Gasteiger partial charge in [0, 0.05) is 24.8 Å². The lowest BCUT2D eigenvalue weighted by molar-refractivity contribution is 0.592. The van der Waals surface area contributed by atoms with Crippen molar-refractivity contribution >= 4 is 0 Å². The maximum absolute atomic E-state index is 4.31. The molecule has 2 aromatic heterocycles. The molecule has 0 saturated carbocycles. The maximum Gasteiger partial charge on any atom is 0.0609 e. The highest BCUT2D eigenvalue weighted by atomic mass is 14.9. The number of hydrogen-bond acceptors (Lipinski definition) is 3. The van der Waals surface area contributed by atoms with Crippen LogP contribution in [0.25, 0.3) is 0 Å². The summed E-state index contributed by atoms with van der Waals surface area (Å²) in [4.78, 5) is 8.57. The highest BCUT2D eigenvalue weighted by molar-refractivity contribution is 5.34. The van der Waals surface area contributed by atoms with Crippen molar-refractivity contribution in [1.29, 1.82) is 0 Å². The Kier molecular flexibility index (Phi) is 4.63. The minimum Gasteiger partial charge on any atom is -0.306 e. The Morgan fingerprint density at radius 3 is 2.68 bits per heavy atom. The Labute approximate surface area is 115 Å². The molecule has 19 heavy (non-hydrogen) atoms. The minimum absolute atomic E-state index is 0.168. The van der Waals surface area contributed by atoms with Crippen LogP contribution in [0.15, 0.2) is 36.9 Å². The zero-order chi connectivity index (χ0) is 13.7. The van der Waals surface area contributed by atoms with Crippen LogP contribution < -0.4 is 5.32 Å². The predicted octanol–water partition coefficient (Wildman–Crippen LogP) is 3.18. The van der Waals surface area contributed by atoms with Crippen LogP contribution in [0.5, 0.6) is 0 Å². The van der Waals surface area contributed by atoms with Gasteiger partial charge < -0.3 is 5.32 Å². The number of aromatic nitrogens is 2. The van der Waals surface area contributed by atoms with Gasteiger partial charge in [0.05, 0.1) is 6.04 Å². The van der Waals surface area contributed by atoms with Crippen LogP contribution in [0.1, 0.15) is 41.6 Å². The van der Waals surface area contributed by atoms with Gasteiger partial charge in [-0.15, -0.1) is 0 Å². The first-order valence-corrected chi connectivity index (χ1v) is 6.77. The zero-order valence-electron chi connectivity index (χ0n) is 11.9. The molecule has 1 atom stereocenters. The average molecular weight is 255 g/mol. The van der Waals surface area contributed by atoms with Crippen molar-refractivity contribution < 1.29 is 0 Å². The number of nitrogens with one attached hydrogen (secondary N) is 1. The van der Waals surface area contributed by atoms with Gasteiger partial charge in [0.15, 0.2) is 0 Å². The predicted molar refractivity (Wildman–Crippen MR) is 78.1 cm³/mol. The van der Waals surface area contributed by atoms with Crippen LogP contribution in [-0.4, -0.2) is 16.5 Å². The molecule has 0 bridgehead atoms. The van der Waals surface area contributed by atoms with Gasteiger partial charge in [0.25, 0.3) is 0 Å². The van der Waals surface area contributed by atoms with E-state index in [1.807, 2.05) is 24.8 Å². The molecule has 1 N–H and O–H groups in total. The van der Waals surface area contributed by atoms with E-state index in [1.54, 1.807) is 0 Å². The number of nitrogens with zero attached hydrogens (tertiary/aromatic N) is 2. The van der Waals surface area contributed by atoms with E-state index < -0.39 is 0 Å². The van der Waals surface area contributed by atoms with Crippen molar-refractivity contribution in [3.05, 3.63) is 59.2 Å². The summed E-state index contributed by atoms with van der Waals surface area (Å²) < 4.78 is 0. The lowest BCUT2D eigenvalue weighted by atomic mass is 9.97. The van der Waals surface area contributed by atoms with Crippen LogP contribution >= 0.6 is 0 Å². The van der Waals surface area contributed by atoms with Crippen LogP contribution in [0.4, 0.5) is 0 Å². The van der Waals surface area contributed by atoms with Gasteiger partial charge in [0.1, 0.15) is 0 Å². The van der Waals surface area contributed by atoms with E-state index in [4.69, 9.17) is 0 Å². The van der Waals surface area contributed by atoms with E-state index in [-0.39, 0.29) is 6.04 Å². The molecular weight excluding hydrogens is 234 g/mol. The summed E-state index contributed by atoms with van der Waals surface area (Å²) in [6.45, 7) is 7.35. The summed E-state index contributed by atoms with van der Waals surface area (Å²) in [5.74, 6) is 0. The second kappa shape index (κ2) is 6.43. The molecule has 0 aliphatic carbocycles. The van der Waals surface area contributed by atoms with Crippen LogP contribution in [0.3, 0.4) is 0 Å². The minimum atomic E-state index is 0.168. The molecule has 2 rings (SSSR count). The molecule has 3 heteroatoms. The summed E-state index contributed by atoms with van der Waals surface area (Å²) in [5.41, 5.74) is 4.86. The van der Waals surface area contributed by atoms with Crippen LogP contribution in [-0.2, 0) is 0 Å². The highest BCUT2D eigenvalue weighted by Gasteiger charge is 2.15. The summed E-state index contributed by atoms with van der Waals surface area (Å²) in [6.07, 6.45) is 8.72. The Morgan fingerprint density at radius 1 is 1.16 bits per heavy atom. The highest BCUT2D eigenvalue weighted by Crippen LogP contribution is 2.24. The first-order chi connectivity index (χ1) is 9.22. The van der Waals surface area contributed by atoms with E-state index in [9.17, 15) is 0 Å². The fraction of sp³-hybridized carbons (Fsp3) is 0.375. The van der Waals surface area contributed by atoms with Crippen LogP contribution in [0, 0.1) is 13.8 Å². The van der Waals surface area contributed by atoms with Gasteiger partial charge in [-0.3, -0.25) is 9.97 Å². The third-order valence-electron chi connectivity index (χ3n) is 3.22. The summed E-state index contributed by atoms with van der Waals surface area (Å²) in [6, 6.07) is 4.41. The van der Waals surface area contributed by atoms with E-state index >= 15 is 0 Å². The smallest absolute Gasteiger partial charge is 0.0609 e. The third-order valence-corrected chi connectivity index (χ3v) is 3.22. The standard InChI is InChI=1S/C16H21N3/c1-4-6-19-16(14-8-12(2)9-18-10-14)15-11-17-7-5-13(15)3/h5,7-11,16,19H,4,6H2,1-3H3. The molecular formula is C16H21N3. The average Bonchev–Trinajstić information content (AvgIpc) is 2.41. The number of hydrogen-bond donors (Lipinski definition) is 1. The van der Waals surface area contributed by atoms with Crippen molar-refractivity contribution in [2.24, 2.45) is 0 Å². The quantitative estimate of drug-likeness (QED) is 0.891. The monoisotopic (exact) mass is 255 g/mol. The second-order valence-corrected chi connectivity index (χ2v) is 4.92. The fourth-order valence-corrected chi connectivity index (χ4v) is 2.21. The first kappa shape index (κ1) is 13.7. The molecule has 2 heterocycles. The first-order valence-electron chi connectivity index (χ1n) is 6.77. The number of pyridine rings is 2. The third kappa shape index (κ3) is 3.38. The molecule has 2 aromatic rings. The van der Waals surface area contributed by atoms with Crippen molar-refractivity contribution in [3.8, 4) is 0 Å². The number of aryl methyl sites for hydroxylation is 2. The molecule has 0 aromatic carbocycles. The van der Waals surface area contributed by atoms with Crippen molar-refractivity contribution in [2.75, 3.05) is 6.54 Å². The molecule has 100 valence electrons. The van der Waals surface area contributed by atoms with E-state index in [0.717, 1.165) is 13.0 Å². The normalized spacial score (nSPS) is 12.4. The van der Waals surface area contributed by atoms with Gasteiger partial charge in [-0.05, 0) is 55.1 Å². The van der Waals surface area contributed by atoms with E-state index in [0.29, 0.717) is 0 Å². The molecule has 0 radical (unpaired) electrons. The Hall–Kier alpha value is -1.74. The largest absolute Gasteiger partial charge is 0.306 e. The molecule has 0 aliphatic heterocycles. The molecule has 0 spiro atoms. The van der Waals surface area contributed by atoms with Gasteiger partial charge in [0.2, 0.25) is 0 Å². The molecule has 0 aliphatic rings. The lowest BCUT2D eigenvalue weighted by Gasteiger charge is -2.21. The van der Waals surface area contributed by atoms with Crippen molar-refractivity contribution in [1.82, 2.24) is 15.3 Å². The topological polar surface area (TPSA) is 37.8 Å². The molecule has 0 fully saturated rings. The molecule has 0 amide bonds. The van der Waals surface area contributed by atoms with Gasteiger partial charge >= 0.3 is 0 Å². The summed E-state index contributed by atoms with van der Waals surface area (Å²) >= 11 is 0. The van der Waals surface area contributed by atoms with Crippen molar-refractivity contribution in [3.63, 3.8) is 0 Å². The van der Waals surface area contributed by atoms with E-state index in [1.165, 1.54) is 22.3 Å². The van der Waals surface area contributed by atoms with E-state index in [2.05, 4.69) is 48.2 Å². The second-order valence-electron chi connectivity index (χ2n) is 4.92. The molecule has 1 unspecified atom stereocenters. The van der Waals surface area contributed by atoms with Crippen LogP contribution in [0.2, 0.25) is 0 Å². The fourth-order valence-electron chi connectivity index (χ4n) is 2.21. The Morgan fingerprint density at radius 2 is 2.00 bits per heavy atom.